The predicted octanol–water partition coefficient (Wildman–Crippen LogP) is 0.716. The summed E-state index contributed by atoms with van der Waals surface area (Å²) in [5.74, 6) is 0.179. The van der Waals surface area contributed by atoms with Gasteiger partial charge in [0.2, 0.25) is 5.91 Å². The first-order valence-electron chi connectivity index (χ1n) is 6.90. The molecule has 0 aromatic carbocycles. The van der Waals surface area contributed by atoms with E-state index in [1.165, 1.54) is 25.9 Å². The van der Waals surface area contributed by atoms with Gasteiger partial charge in [0.25, 0.3) is 0 Å². The van der Waals surface area contributed by atoms with E-state index in [1.807, 2.05) is 0 Å². The van der Waals surface area contributed by atoms with Gasteiger partial charge in [0.05, 0.1) is 5.41 Å². The average molecular weight is 239 g/mol. The number of nitrogens with zero attached hydrogens (tertiary/aromatic N) is 1. The van der Waals surface area contributed by atoms with Gasteiger partial charge in [0.1, 0.15) is 0 Å². The highest BCUT2D eigenvalue weighted by Gasteiger charge is 2.43. The van der Waals surface area contributed by atoms with Gasteiger partial charge in [-0.15, -0.1) is 0 Å². The molecule has 1 aliphatic heterocycles. The van der Waals surface area contributed by atoms with E-state index in [-0.39, 0.29) is 17.4 Å². The summed E-state index contributed by atoms with van der Waals surface area (Å²) >= 11 is 0. The van der Waals surface area contributed by atoms with Crippen LogP contribution in [0.25, 0.3) is 0 Å². The second-order valence-electron chi connectivity index (χ2n) is 5.72. The minimum atomic E-state index is -0.237. The molecule has 0 aromatic rings. The van der Waals surface area contributed by atoms with Gasteiger partial charge in [-0.05, 0) is 45.7 Å². The molecule has 1 atom stereocenters. The highest BCUT2D eigenvalue weighted by Crippen LogP contribution is 2.40. The summed E-state index contributed by atoms with van der Waals surface area (Å²) in [5.41, 5.74) is 5.50. The van der Waals surface area contributed by atoms with Gasteiger partial charge in [-0.3, -0.25) is 4.79 Å². The van der Waals surface area contributed by atoms with E-state index < -0.39 is 0 Å². The van der Waals surface area contributed by atoms with Crippen molar-refractivity contribution in [3.63, 3.8) is 0 Å². The lowest BCUT2D eigenvalue weighted by atomic mass is 9.68. The van der Waals surface area contributed by atoms with Crippen LogP contribution in [0.5, 0.6) is 0 Å². The van der Waals surface area contributed by atoms with Gasteiger partial charge in [-0.1, -0.05) is 6.42 Å². The molecule has 1 saturated carbocycles. The minimum Gasteiger partial charge on any atom is -0.352 e. The van der Waals surface area contributed by atoms with E-state index in [0.717, 1.165) is 25.8 Å². The number of nitrogens with one attached hydrogen (secondary N) is 1. The third-order valence-corrected chi connectivity index (χ3v) is 4.29. The van der Waals surface area contributed by atoms with Crippen LogP contribution in [0.1, 0.15) is 39.0 Å². The molecular weight excluding hydrogens is 214 g/mol. The van der Waals surface area contributed by atoms with Crippen molar-refractivity contribution < 1.29 is 4.79 Å². The highest BCUT2D eigenvalue weighted by atomic mass is 16.2. The number of rotatable bonds is 5. The summed E-state index contributed by atoms with van der Waals surface area (Å²) in [6.45, 7) is 5.94. The molecule has 0 aromatic heterocycles. The molecule has 0 bridgehead atoms. The quantitative estimate of drug-likeness (QED) is 0.743. The van der Waals surface area contributed by atoms with Crippen molar-refractivity contribution in [1.29, 1.82) is 0 Å². The molecule has 98 valence electrons. The molecule has 4 nitrogen and oxygen atoms in total. The van der Waals surface area contributed by atoms with Crippen molar-refractivity contribution in [3.05, 3.63) is 0 Å². The smallest absolute Gasteiger partial charge is 0.227 e. The van der Waals surface area contributed by atoms with E-state index in [0.29, 0.717) is 6.54 Å². The Morgan fingerprint density at radius 1 is 1.35 bits per heavy atom. The molecule has 2 rings (SSSR count). The van der Waals surface area contributed by atoms with Gasteiger partial charge in [-0.2, -0.15) is 0 Å². The molecule has 1 saturated heterocycles. The van der Waals surface area contributed by atoms with Crippen LogP contribution in [-0.2, 0) is 4.79 Å². The Labute approximate surface area is 104 Å². The normalized spacial score (nSPS) is 25.3. The lowest BCUT2D eigenvalue weighted by Gasteiger charge is -2.40. The maximum Gasteiger partial charge on any atom is 0.227 e. The molecule has 1 unspecified atom stereocenters. The number of carbonyl (C=O) groups is 1. The molecule has 2 aliphatic rings. The van der Waals surface area contributed by atoms with Gasteiger partial charge in [-0.25, -0.2) is 0 Å². The highest BCUT2D eigenvalue weighted by molar-refractivity contribution is 5.84. The number of hydrogen-bond donors (Lipinski definition) is 2. The molecule has 0 spiro atoms. The van der Waals surface area contributed by atoms with Gasteiger partial charge in [0, 0.05) is 19.1 Å². The summed E-state index contributed by atoms with van der Waals surface area (Å²) in [5, 5.41) is 3.14. The van der Waals surface area contributed by atoms with Gasteiger partial charge >= 0.3 is 0 Å². The Morgan fingerprint density at radius 2 is 2.00 bits per heavy atom. The van der Waals surface area contributed by atoms with Crippen LogP contribution in [0.3, 0.4) is 0 Å². The first-order valence-corrected chi connectivity index (χ1v) is 6.90. The van der Waals surface area contributed by atoms with Crippen LogP contribution >= 0.6 is 0 Å². The Bertz CT molecular complexity index is 264. The molecule has 1 heterocycles. The number of amides is 1. The third kappa shape index (κ3) is 2.80. The van der Waals surface area contributed by atoms with E-state index >= 15 is 0 Å². The average Bonchev–Trinajstić information content (AvgIpc) is 2.69. The molecule has 4 heteroatoms. The zero-order valence-corrected chi connectivity index (χ0v) is 10.9. The lowest BCUT2D eigenvalue weighted by Crippen LogP contribution is -2.53. The molecule has 3 N–H and O–H groups in total. The first-order chi connectivity index (χ1) is 8.16. The fourth-order valence-corrected chi connectivity index (χ4v) is 2.90. The lowest BCUT2D eigenvalue weighted by molar-refractivity contribution is -0.135. The Balaban J connectivity index is 1.77. The fourth-order valence-electron chi connectivity index (χ4n) is 2.90. The molecule has 17 heavy (non-hydrogen) atoms. The van der Waals surface area contributed by atoms with Crippen molar-refractivity contribution in [2.24, 2.45) is 11.1 Å². The topological polar surface area (TPSA) is 58.4 Å². The van der Waals surface area contributed by atoms with E-state index in [4.69, 9.17) is 5.73 Å². The molecular formula is C13H25N3O. The Kier molecular flexibility index (Phi) is 4.05. The zero-order chi connectivity index (χ0) is 12.3. The Morgan fingerprint density at radius 3 is 2.47 bits per heavy atom. The zero-order valence-electron chi connectivity index (χ0n) is 10.9. The number of hydrogen-bond acceptors (Lipinski definition) is 3. The second kappa shape index (κ2) is 5.36. The maximum atomic E-state index is 12.2. The van der Waals surface area contributed by atoms with Crippen molar-refractivity contribution in [1.82, 2.24) is 10.2 Å². The fraction of sp³-hybridized carbons (Fsp3) is 0.923. The standard InChI is InChI=1S/C13H25N3O/c1-11(9-16-7-2-3-8-16)15-12(17)13(10-14)5-4-6-13/h11H,2-10,14H2,1H3,(H,15,17). The Hall–Kier alpha value is -0.610. The van der Waals surface area contributed by atoms with Gasteiger partial charge < -0.3 is 16.0 Å². The summed E-state index contributed by atoms with van der Waals surface area (Å²) in [6.07, 6.45) is 5.67. The largest absolute Gasteiger partial charge is 0.352 e. The number of likely N-dealkylation sites (tertiary alicyclic amines) is 1. The van der Waals surface area contributed by atoms with Crippen LogP contribution < -0.4 is 11.1 Å². The van der Waals surface area contributed by atoms with Crippen LogP contribution in [0.2, 0.25) is 0 Å². The van der Waals surface area contributed by atoms with E-state index in [2.05, 4.69) is 17.1 Å². The first kappa shape index (κ1) is 12.8. The van der Waals surface area contributed by atoms with Crippen LogP contribution in [-0.4, -0.2) is 43.0 Å². The third-order valence-electron chi connectivity index (χ3n) is 4.29. The van der Waals surface area contributed by atoms with E-state index in [9.17, 15) is 4.79 Å². The summed E-state index contributed by atoms with van der Waals surface area (Å²) < 4.78 is 0. The van der Waals surface area contributed by atoms with Crippen molar-refractivity contribution in [2.45, 2.75) is 45.1 Å². The second-order valence-corrected chi connectivity index (χ2v) is 5.72. The number of carbonyl (C=O) groups excluding carboxylic acids is 1. The molecule has 0 radical (unpaired) electrons. The maximum absolute atomic E-state index is 12.2. The monoisotopic (exact) mass is 239 g/mol. The van der Waals surface area contributed by atoms with Crippen LogP contribution in [0.15, 0.2) is 0 Å². The minimum absolute atomic E-state index is 0.179. The van der Waals surface area contributed by atoms with Crippen molar-refractivity contribution >= 4 is 5.91 Å². The van der Waals surface area contributed by atoms with Crippen LogP contribution in [0, 0.1) is 5.41 Å². The summed E-state index contributed by atoms with van der Waals surface area (Å²) in [4.78, 5) is 14.6. The number of nitrogens with two attached hydrogens (primary N) is 1. The van der Waals surface area contributed by atoms with Crippen molar-refractivity contribution in [2.75, 3.05) is 26.2 Å². The SMILES string of the molecule is CC(CN1CCCC1)NC(=O)C1(CN)CCC1. The molecule has 2 fully saturated rings. The summed E-state index contributed by atoms with van der Waals surface area (Å²) in [6, 6.07) is 0.240. The molecule has 1 aliphatic carbocycles. The van der Waals surface area contributed by atoms with Gasteiger partial charge in [0.15, 0.2) is 0 Å². The van der Waals surface area contributed by atoms with Crippen LogP contribution in [0.4, 0.5) is 0 Å². The predicted molar refractivity (Wildman–Crippen MR) is 68.6 cm³/mol. The molecule has 1 amide bonds. The summed E-state index contributed by atoms with van der Waals surface area (Å²) in [7, 11) is 0. The van der Waals surface area contributed by atoms with E-state index in [1.54, 1.807) is 0 Å². The van der Waals surface area contributed by atoms with Crippen molar-refractivity contribution in [3.8, 4) is 0 Å².